The maximum absolute atomic E-state index is 5.50. The molecule has 0 fully saturated rings. The summed E-state index contributed by atoms with van der Waals surface area (Å²) in [6.45, 7) is 5.46. The van der Waals surface area contributed by atoms with E-state index in [0.29, 0.717) is 6.61 Å². The van der Waals surface area contributed by atoms with Crippen LogP contribution < -0.4 is 10.1 Å². The molecular weight excluding hydrogens is 190 g/mol. The van der Waals surface area contributed by atoms with E-state index in [1.54, 1.807) is 7.11 Å². The van der Waals surface area contributed by atoms with Gasteiger partial charge in [-0.3, -0.25) is 0 Å². The minimum absolute atomic E-state index is 0.194. The lowest BCUT2D eigenvalue weighted by molar-refractivity contribution is 0.128. The van der Waals surface area contributed by atoms with Crippen LogP contribution in [-0.2, 0) is 4.74 Å². The summed E-state index contributed by atoms with van der Waals surface area (Å²) in [7, 11) is 1.71. The molecule has 1 aromatic carbocycles. The van der Waals surface area contributed by atoms with Crippen molar-refractivity contribution in [2.75, 3.05) is 25.6 Å². The maximum atomic E-state index is 5.50. The van der Waals surface area contributed by atoms with Gasteiger partial charge in [0.1, 0.15) is 5.75 Å². The van der Waals surface area contributed by atoms with Gasteiger partial charge in [0.15, 0.2) is 0 Å². The van der Waals surface area contributed by atoms with Gasteiger partial charge in [0.25, 0.3) is 0 Å². The molecule has 3 nitrogen and oxygen atoms in total. The molecule has 15 heavy (non-hydrogen) atoms. The molecule has 0 heterocycles. The minimum atomic E-state index is 0.194. The molecule has 0 aliphatic carbocycles. The van der Waals surface area contributed by atoms with Crippen molar-refractivity contribution in [3.8, 4) is 5.75 Å². The van der Waals surface area contributed by atoms with Crippen LogP contribution in [0.3, 0.4) is 0 Å². The predicted octanol–water partition coefficient (Wildman–Crippen LogP) is 2.53. The normalized spacial score (nSPS) is 12.2. The third-order valence-corrected chi connectivity index (χ3v) is 2.17. The lowest BCUT2D eigenvalue weighted by Crippen LogP contribution is -2.18. The number of benzene rings is 1. The van der Waals surface area contributed by atoms with E-state index in [1.165, 1.54) is 0 Å². The predicted molar refractivity (Wildman–Crippen MR) is 62.6 cm³/mol. The SMILES string of the molecule is CCOc1ccccc1NCC(C)OC. The van der Waals surface area contributed by atoms with Crippen LogP contribution >= 0.6 is 0 Å². The first kappa shape index (κ1) is 11.9. The molecule has 1 N–H and O–H groups in total. The summed E-state index contributed by atoms with van der Waals surface area (Å²) >= 11 is 0. The molecule has 0 aromatic heterocycles. The van der Waals surface area contributed by atoms with E-state index in [9.17, 15) is 0 Å². The van der Waals surface area contributed by atoms with Crippen LogP contribution in [-0.4, -0.2) is 26.4 Å². The van der Waals surface area contributed by atoms with Crippen molar-refractivity contribution in [2.24, 2.45) is 0 Å². The molecule has 84 valence electrons. The minimum Gasteiger partial charge on any atom is -0.492 e. The summed E-state index contributed by atoms with van der Waals surface area (Å²) in [5.74, 6) is 0.892. The largest absolute Gasteiger partial charge is 0.492 e. The molecule has 0 bridgehead atoms. The zero-order valence-electron chi connectivity index (χ0n) is 9.62. The standard InChI is InChI=1S/C12H19NO2/c1-4-15-12-8-6-5-7-11(12)13-9-10(2)14-3/h5-8,10,13H,4,9H2,1-3H3. The van der Waals surface area contributed by atoms with E-state index >= 15 is 0 Å². The molecule has 0 amide bonds. The van der Waals surface area contributed by atoms with Crippen LogP contribution in [0.4, 0.5) is 5.69 Å². The number of methoxy groups -OCH3 is 1. The highest BCUT2D eigenvalue weighted by Gasteiger charge is 2.03. The molecule has 1 unspecified atom stereocenters. The Labute approximate surface area is 91.4 Å². The van der Waals surface area contributed by atoms with Crippen molar-refractivity contribution >= 4 is 5.69 Å². The van der Waals surface area contributed by atoms with Crippen molar-refractivity contribution in [1.29, 1.82) is 0 Å². The highest BCUT2D eigenvalue weighted by atomic mass is 16.5. The van der Waals surface area contributed by atoms with Crippen molar-refractivity contribution in [1.82, 2.24) is 0 Å². The first-order valence-electron chi connectivity index (χ1n) is 5.26. The van der Waals surface area contributed by atoms with Gasteiger partial charge >= 0.3 is 0 Å². The van der Waals surface area contributed by atoms with Gasteiger partial charge in [-0.05, 0) is 26.0 Å². The van der Waals surface area contributed by atoms with Crippen molar-refractivity contribution in [3.05, 3.63) is 24.3 Å². The first-order chi connectivity index (χ1) is 7.27. The molecule has 0 radical (unpaired) electrons. The first-order valence-corrected chi connectivity index (χ1v) is 5.26. The van der Waals surface area contributed by atoms with E-state index in [1.807, 2.05) is 38.1 Å². The Morgan fingerprint density at radius 2 is 2.07 bits per heavy atom. The summed E-state index contributed by atoms with van der Waals surface area (Å²) in [5.41, 5.74) is 1.02. The van der Waals surface area contributed by atoms with E-state index in [4.69, 9.17) is 9.47 Å². The summed E-state index contributed by atoms with van der Waals surface area (Å²) in [6, 6.07) is 7.93. The molecule has 0 spiro atoms. The monoisotopic (exact) mass is 209 g/mol. The maximum Gasteiger partial charge on any atom is 0.142 e. The smallest absolute Gasteiger partial charge is 0.142 e. The highest BCUT2D eigenvalue weighted by Crippen LogP contribution is 2.23. The van der Waals surface area contributed by atoms with Crippen LogP contribution in [0.2, 0.25) is 0 Å². The Balaban J connectivity index is 2.58. The zero-order chi connectivity index (χ0) is 11.1. The average Bonchev–Trinajstić information content (AvgIpc) is 2.28. The Bertz CT molecular complexity index is 289. The molecule has 0 saturated heterocycles. The fraction of sp³-hybridized carbons (Fsp3) is 0.500. The van der Waals surface area contributed by atoms with Gasteiger partial charge in [0.2, 0.25) is 0 Å². The van der Waals surface area contributed by atoms with E-state index in [-0.39, 0.29) is 6.10 Å². The Kier molecular flexibility index (Phi) is 4.98. The summed E-state index contributed by atoms with van der Waals surface area (Å²) in [6.07, 6.45) is 0.194. The molecule has 1 atom stereocenters. The topological polar surface area (TPSA) is 30.5 Å². The molecule has 1 aromatic rings. The molecular formula is C12H19NO2. The van der Waals surface area contributed by atoms with Crippen LogP contribution in [0.1, 0.15) is 13.8 Å². The molecule has 0 aliphatic rings. The highest BCUT2D eigenvalue weighted by molar-refractivity contribution is 5.56. The third kappa shape index (κ3) is 3.80. The number of rotatable bonds is 6. The fourth-order valence-corrected chi connectivity index (χ4v) is 1.23. The van der Waals surface area contributed by atoms with Crippen molar-refractivity contribution < 1.29 is 9.47 Å². The van der Waals surface area contributed by atoms with Crippen molar-refractivity contribution in [2.45, 2.75) is 20.0 Å². The van der Waals surface area contributed by atoms with Gasteiger partial charge in [-0.15, -0.1) is 0 Å². The Morgan fingerprint density at radius 3 is 2.73 bits per heavy atom. The lowest BCUT2D eigenvalue weighted by Gasteiger charge is -2.14. The number of para-hydroxylation sites is 2. The quantitative estimate of drug-likeness (QED) is 0.781. The molecule has 0 aliphatic heterocycles. The summed E-state index contributed by atoms with van der Waals surface area (Å²) in [4.78, 5) is 0. The number of hydrogen-bond donors (Lipinski definition) is 1. The van der Waals surface area contributed by atoms with Gasteiger partial charge in [-0.1, -0.05) is 12.1 Å². The average molecular weight is 209 g/mol. The lowest BCUT2D eigenvalue weighted by atomic mass is 10.3. The van der Waals surface area contributed by atoms with Crippen molar-refractivity contribution in [3.63, 3.8) is 0 Å². The fourth-order valence-electron chi connectivity index (χ4n) is 1.23. The van der Waals surface area contributed by atoms with E-state index < -0.39 is 0 Å². The van der Waals surface area contributed by atoms with Crippen LogP contribution in [0.15, 0.2) is 24.3 Å². The second-order valence-corrected chi connectivity index (χ2v) is 3.36. The second kappa shape index (κ2) is 6.30. The Morgan fingerprint density at radius 1 is 1.33 bits per heavy atom. The number of nitrogens with one attached hydrogen (secondary N) is 1. The molecule has 3 heteroatoms. The van der Waals surface area contributed by atoms with Crippen LogP contribution in [0, 0.1) is 0 Å². The van der Waals surface area contributed by atoms with Gasteiger partial charge in [0.05, 0.1) is 18.4 Å². The third-order valence-electron chi connectivity index (χ3n) is 2.17. The number of anilines is 1. The van der Waals surface area contributed by atoms with Gasteiger partial charge in [-0.25, -0.2) is 0 Å². The van der Waals surface area contributed by atoms with Gasteiger partial charge in [0, 0.05) is 13.7 Å². The Hall–Kier alpha value is -1.22. The van der Waals surface area contributed by atoms with Gasteiger partial charge < -0.3 is 14.8 Å². The van der Waals surface area contributed by atoms with E-state index in [2.05, 4.69) is 5.32 Å². The van der Waals surface area contributed by atoms with E-state index in [0.717, 1.165) is 18.0 Å². The van der Waals surface area contributed by atoms with Crippen LogP contribution in [0.5, 0.6) is 5.75 Å². The number of hydrogen-bond acceptors (Lipinski definition) is 3. The van der Waals surface area contributed by atoms with Gasteiger partial charge in [-0.2, -0.15) is 0 Å². The number of ether oxygens (including phenoxy) is 2. The second-order valence-electron chi connectivity index (χ2n) is 3.36. The summed E-state index contributed by atoms with van der Waals surface area (Å²) in [5, 5.41) is 3.30. The molecule has 1 rings (SSSR count). The molecule has 0 saturated carbocycles. The van der Waals surface area contributed by atoms with Crippen LogP contribution in [0.25, 0.3) is 0 Å². The summed E-state index contributed by atoms with van der Waals surface area (Å²) < 4.78 is 10.7. The zero-order valence-corrected chi connectivity index (χ0v) is 9.62.